The fourth-order valence-corrected chi connectivity index (χ4v) is 2.86. The van der Waals surface area contributed by atoms with Gasteiger partial charge in [-0.1, -0.05) is 29.3 Å². The monoisotopic (exact) mass is 408 g/mol. The normalized spacial score (nSPS) is 10.7. The van der Waals surface area contributed by atoms with Crippen LogP contribution in [0.5, 0.6) is 5.75 Å². The second-order valence-electron chi connectivity index (χ2n) is 6.32. The maximum atomic E-state index is 12.6. The number of nitrogens with zero attached hydrogens (tertiary/aromatic N) is 3. The van der Waals surface area contributed by atoms with Crippen LogP contribution < -0.4 is 10.1 Å². The number of rotatable bonds is 6. The van der Waals surface area contributed by atoms with Gasteiger partial charge in [0.2, 0.25) is 0 Å². The Morgan fingerprint density at radius 1 is 1.17 bits per heavy atom. The van der Waals surface area contributed by atoms with E-state index < -0.39 is 5.91 Å². The second-order valence-corrected chi connectivity index (χ2v) is 6.76. The van der Waals surface area contributed by atoms with Gasteiger partial charge in [-0.3, -0.25) is 4.79 Å². The first-order valence-electron chi connectivity index (χ1n) is 8.82. The molecule has 0 aliphatic carbocycles. The number of furan rings is 1. The van der Waals surface area contributed by atoms with Crippen LogP contribution in [0.25, 0.3) is 5.69 Å². The Morgan fingerprint density at radius 2 is 2.00 bits per heavy atom. The summed E-state index contributed by atoms with van der Waals surface area (Å²) in [5.74, 6) is 1.03. The van der Waals surface area contributed by atoms with Crippen molar-refractivity contribution in [3.8, 4) is 11.4 Å². The Morgan fingerprint density at radius 3 is 2.76 bits per heavy atom. The molecule has 2 aromatic heterocycles. The smallest absolute Gasteiger partial charge is 0.291 e. The van der Waals surface area contributed by atoms with Gasteiger partial charge in [0.25, 0.3) is 5.91 Å². The van der Waals surface area contributed by atoms with Gasteiger partial charge in [0.15, 0.2) is 5.76 Å². The summed E-state index contributed by atoms with van der Waals surface area (Å²) in [4.78, 5) is 16.6. The summed E-state index contributed by atoms with van der Waals surface area (Å²) in [6.07, 6.45) is 2.94. The molecule has 2 heterocycles. The molecule has 0 aliphatic heterocycles. The first-order valence-corrected chi connectivity index (χ1v) is 9.20. The summed E-state index contributed by atoms with van der Waals surface area (Å²) in [5.41, 5.74) is 2.28. The molecule has 0 atom stereocenters. The summed E-state index contributed by atoms with van der Waals surface area (Å²) in [6, 6.07) is 16.1. The van der Waals surface area contributed by atoms with Crippen LogP contribution in [0.4, 0.5) is 5.69 Å². The Kier molecular flexibility index (Phi) is 5.31. The Bertz CT molecular complexity index is 1120. The number of amides is 1. The second kappa shape index (κ2) is 8.20. The van der Waals surface area contributed by atoms with Gasteiger partial charge < -0.3 is 14.5 Å². The highest BCUT2D eigenvalue weighted by Gasteiger charge is 2.15. The van der Waals surface area contributed by atoms with E-state index in [4.69, 9.17) is 20.8 Å². The molecule has 0 saturated carbocycles. The lowest BCUT2D eigenvalue weighted by molar-refractivity contribution is 0.0992. The van der Waals surface area contributed by atoms with Crippen molar-refractivity contribution >= 4 is 23.2 Å². The zero-order valence-electron chi connectivity index (χ0n) is 15.5. The van der Waals surface area contributed by atoms with Gasteiger partial charge in [-0.05, 0) is 49.4 Å². The number of aromatic nitrogens is 3. The predicted octanol–water partition coefficient (Wildman–Crippen LogP) is 4.65. The van der Waals surface area contributed by atoms with Gasteiger partial charge in [-0.2, -0.15) is 5.10 Å². The standard InChI is InChI=1S/C21H17ClN4O3/c1-14-2-5-16(6-3-14)28-11-17-7-9-20(29-17)21(27)25-18-10-15(22)4-8-19(18)26-13-23-12-24-26/h2-10,12-13H,11H2,1H3,(H,25,27). The van der Waals surface area contributed by atoms with E-state index in [-0.39, 0.29) is 12.4 Å². The third-order valence-electron chi connectivity index (χ3n) is 4.16. The summed E-state index contributed by atoms with van der Waals surface area (Å²) < 4.78 is 12.8. The lowest BCUT2D eigenvalue weighted by atomic mass is 10.2. The topological polar surface area (TPSA) is 82.2 Å². The average molecular weight is 409 g/mol. The van der Waals surface area contributed by atoms with Gasteiger partial charge in [-0.15, -0.1) is 0 Å². The van der Waals surface area contributed by atoms with Crippen molar-refractivity contribution in [1.29, 1.82) is 0 Å². The van der Waals surface area contributed by atoms with Crippen molar-refractivity contribution in [2.75, 3.05) is 5.32 Å². The molecule has 0 bridgehead atoms. The number of carbonyl (C=O) groups is 1. The van der Waals surface area contributed by atoms with E-state index in [1.165, 1.54) is 17.3 Å². The van der Waals surface area contributed by atoms with Crippen molar-refractivity contribution in [2.24, 2.45) is 0 Å². The Labute approximate surface area is 171 Å². The SMILES string of the molecule is Cc1ccc(OCc2ccc(C(=O)Nc3cc(Cl)ccc3-n3cncn3)o2)cc1. The van der Waals surface area contributed by atoms with Crippen LogP contribution in [0.3, 0.4) is 0 Å². The minimum absolute atomic E-state index is 0.164. The highest BCUT2D eigenvalue weighted by Crippen LogP contribution is 2.25. The van der Waals surface area contributed by atoms with Gasteiger partial charge >= 0.3 is 0 Å². The molecule has 146 valence electrons. The van der Waals surface area contributed by atoms with Gasteiger partial charge in [-0.25, -0.2) is 9.67 Å². The van der Waals surface area contributed by atoms with Crippen LogP contribution in [0.1, 0.15) is 21.9 Å². The number of benzene rings is 2. The number of nitrogens with one attached hydrogen (secondary N) is 1. The molecule has 8 heteroatoms. The van der Waals surface area contributed by atoms with Crippen molar-refractivity contribution < 1.29 is 13.9 Å². The van der Waals surface area contributed by atoms with Crippen molar-refractivity contribution in [1.82, 2.24) is 14.8 Å². The van der Waals surface area contributed by atoms with E-state index in [9.17, 15) is 4.79 Å². The number of hydrogen-bond donors (Lipinski definition) is 1. The van der Waals surface area contributed by atoms with Crippen molar-refractivity contribution in [2.45, 2.75) is 13.5 Å². The third kappa shape index (κ3) is 4.47. The molecule has 4 rings (SSSR count). The largest absolute Gasteiger partial charge is 0.486 e. The molecule has 0 spiro atoms. The molecular formula is C21H17ClN4O3. The zero-order chi connectivity index (χ0) is 20.2. The maximum absolute atomic E-state index is 12.6. The minimum Gasteiger partial charge on any atom is -0.486 e. The Balaban J connectivity index is 1.46. The van der Waals surface area contributed by atoms with Gasteiger partial charge in [0.1, 0.15) is 30.8 Å². The molecule has 29 heavy (non-hydrogen) atoms. The van der Waals surface area contributed by atoms with Crippen molar-refractivity contribution in [3.05, 3.63) is 89.4 Å². The number of halogens is 1. The molecule has 1 N–H and O–H groups in total. The zero-order valence-corrected chi connectivity index (χ0v) is 16.3. The van der Waals surface area contributed by atoms with Crippen LogP contribution in [0, 0.1) is 6.92 Å². The third-order valence-corrected chi connectivity index (χ3v) is 4.39. The summed E-state index contributed by atoms with van der Waals surface area (Å²) in [5, 5.41) is 7.38. The first kappa shape index (κ1) is 18.8. The quantitative estimate of drug-likeness (QED) is 0.502. The van der Waals surface area contributed by atoms with E-state index in [1.54, 1.807) is 30.3 Å². The Hall–Kier alpha value is -3.58. The number of aryl methyl sites for hydroxylation is 1. The maximum Gasteiger partial charge on any atom is 0.291 e. The molecule has 0 unspecified atom stereocenters. The fourth-order valence-electron chi connectivity index (χ4n) is 2.69. The molecule has 1 amide bonds. The fraction of sp³-hybridized carbons (Fsp3) is 0.0952. The number of anilines is 1. The molecule has 4 aromatic rings. The van der Waals surface area contributed by atoms with E-state index in [0.29, 0.717) is 22.2 Å². The van der Waals surface area contributed by atoms with E-state index >= 15 is 0 Å². The van der Waals surface area contributed by atoms with Crippen molar-refractivity contribution in [3.63, 3.8) is 0 Å². The van der Waals surface area contributed by atoms with Crippen LogP contribution >= 0.6 is 11.6 Å². The number of carbonyl (C=O) groups excluding carboxylic acids is 1. The predicted molar refractivity (Wildman–Crippen MR) is 109 cm³/mol. The lowest BCUT2D eigenvalue weighted by Crippen LogP contribution is -2.13. The highest BCUT2D eigenvalue weighted by atomic mass is 35.5. The molecule has 7 nitrogen and oxygen atoms in total. The highest BCUT2D eigenvalue weighted by molar-refractivity contribution is 6.31. The molecule has 0 radical (unpaired) electrons. The van der Waals surface area contributed by atoms with Gasteiger partial charge in [0.05, 0.1) is 11.4 Å². The average Bonchev–Trinajstić information content (AvgIpc) is 3.40. The summed E-state index contributed by atoms with van der Waals surface area (Å²) in [6.45, 7) is 2.23. The van der Waals surface area contributed by atoms with Gasteiger partial charge in [0, 0.05) is 5.02 Å². The van der Waals surface area contributed by atoms with E-state index in [1.807, 2.05) is 31.2 Å². The molecule has 0 aliphatic rings. The number of hydrogen-bond acceptors (Lipinski definition) is 5. The lowest BCUT2D eigenvalue weighted by Gasteiger charge is -2.10. The van der Waals surface area contributed by atoms with E-state index in [2.05, 4.69) is 15.4 Å². The molecular weight excluding hydrogens is 392 g/mol. The summed E-state index contributed by atoms with van der Waals surface area (Å²) in [7, 11) is 0. The summed E-state index contributed by atoms with van der Waals surface area (Å²) >= 11 is 6.08. The first-order chi connectivity index (χ1) is 14.1. The van der Waals surface area contributed by atoms with Crippen LogP contribution in [-0.2, 0) is 6.61 Å². The van der Waals surface area contributed by atoms with Crippen LogP contribution in [0.2, 0.25) is 5.02 Å². The minimum atomic E-state index is -0.407. The molecule has 2 aromatic carbocycles. The molecule has 0 saturated heterocycles. The van der Waals surface area contributed by atoms with Crippen LogP contribution in [-0.4, -0.2) is 20.7 Å². The molecule has 0 fully saturated rings. The van der Waals surface area contributed by atoms with E-state index in [0.717, 1.165) is 11.3 Å². The number of ether oxygens (including phenoxy) is 1. The van der Waals surface area contributed by atoms with Crippen LogP contribution in [0.15, 0.2) is 71.7 Å².